The summed E-state index contributed by atoms with van der Waals surface area (Å²) in [4.78, 5) is 0. The molecule has 0 amide bonds. The second-order valence-corrected chi connectivity index (χ2v) is 10.8. The Hall–Kier alpha value is -3.74. The Morgan fingerprint density at radius 2 is 0.765 bits per heavy atom. The van der Waals surface area contributed by atoms with E-state index in [0.717, 1.165) is 22.3 Å². The van der Waals surface area contributed by atoms with Crippen molar-refractivity contribution >= 4 is 10.8 Å². The summed E-state index contributed by atoms with van der Waals surface area (Å²) >= 11 is 0. The molecule has 0 saturated heterocycles. The highest BCUT2D eigenvalue weighted by molar-refractivity contribution is 5.95. The monoisotopic (exact) mass is 440 g/mol. The molecule has 4 aromatic carbocycles. The third-order valence-corrected chi connectivity index (χ3v) is 6.03. The van der Waals surface area contributed by atoms with E-state index >= 15 is 0 Å². The molecule has 0 aromatic heterocycles. The van der Waals surface area contributed by atoms with E-state index in [-0.39, 0.29) is 10.8 Å². The summed E-state index contributed by atoms with van der Waals surface area (Å²) in [6.45, 7) is 13.5. The molecule has 0 nitrogen and oxygen atoms in total. The summed E-state index contributed by atoms with van der Waals surface area (Å²) in [6.07, 6.45) is 0. The first-order valence-corrected chi connectivity index (χ1v) is 11.9. The van der Waals surface area contributed by atoms with Gasteiger partial charge in [0, 0.05) is 22.3 Å². The predicted octanol–water partition coefficient (Wildman–Crippen LogP) is 8.23. The van der Waals surface area contributed by atoms with E-state index < -0.39 is 0 Å². The molecule has 0 radical (unpaired) electrons. The molecule has 0 aliphatic rings. The van der Waals surface area contributed by atoms with Gasteiger partial charge in [0.05, 0.1) is 0 Å². The van der Waals surface area contributed by atoms with Crippen LogP contribution in [0.3, 0.4) is 0 Å². The zero-order valence-electron chi connectivity index (χ0n) is 21.1. The van der Waals surface area contributed by atoms with Crippen LogP contribution in [-0.2, 0) is 10.8 Å². The van der Waals surface area contributed by atoms with Gasteiger partial charge in [-0.15, -0.1) is 0 Å². The standard InChI is InChI=1S/C34H32/c1-33(2,3)31-23-21-28-27(29(31)19-17-25-13-9-7-10-14-25)22-24-32(34(4,5)6)30(28)20-18-26-15-11-8-12-16-26/h7-16,21-24H,1-6H3. The van der Waals surface area contributed by atoms with Crippen molar-refractivity contribution in [1.29, 1.82) is 0 Å². The summed E-state index contributed by atoms with van der Waals surface area (Å²) < 4.78 is 0. The van der Waals surface area contributed by atoms with Gasteiger partial charge in [0.25, 0.3) is 0 Å². The lowest BCUT2D eigenvalue weighted by Crippen LogP contribution is -2.15. The maximum Gasteiger partial charge on any atom is 0.0365 e. The van der Waals surface area contributed by atoms with Gasteiger partial charge in [-0.25, -0.2) is 0 Å². The van der Waals surface area contributed by atoms with Crippen molar-refractivity contribution in [3.8, 4) is 23.7 Å². The fourth-order valence-electron chi connectivity index (χ4n) is 4.24. The van der Waals surface area contributed by atoms with E-state index in [1.807, 2.05) is 36.4 Å². The first-order valence-electron chi connectivity index (χ1n) is 11.9. The van der Waals surface area contributed by atoms with Crippen LogP contribution in [-0.4, -0.2) is 0 Å². The fraction of sp³-hybridized carbons (Fsp3) is 0.235. The van der Waals surface area contributed by atoms with Crippen molar-refractivity contribution in [2.24, 2.45) is 0 Å². The highest BCUT2D eigenvalue weighted by Gasteiger charge is 2.23. The van der Waals surface area contributed by atoms with Crippen LogP contribution in [0.2, 0.25) is 0 Å². The van der Waals surface area contributed by atoms with E-state index in [4.69, 9.17) is 0 Å². The quantitative estimate of drug-likeness (QED) is 0.242. The van der Waals surface area contributed by atoms with E-state index in [0.29, 0.717) is 0 Å². The number of fused-ring (bicyclic) bond motifs is 1. The smallest absolute Gasteiger partial charge is 0.0365 e. The summed E-state index contributed by atoms with van der Waals surface area (Å²) in [5.41, 5.74) is 6.71. The minimum absolute atomic E-state index is 0.0204. The van der Waals surface area contributed by atoms with Crippen molar-refractivity contribution in [1.82, 2.24) is 0 Å². The van der Waals surface area contributed by atoms with Crippen LogP contribution < -0.4 is 0 Å². The average Bonchev–Trinajstić information content (AvgIpc) is 2.80. The fourth-order valence-corrected chi connectivity index (χ4v) is 4.24. The number of rotatable bonds is 0. The van der Waals surface area contributed by atoms with E-state index in [1.165, 1.54) is 21.9 Å². The summed E-state index contributed by atoms with van der Waals surface area (Å²) in [6, 6.07) is 29.4. The SMILES string of the molecule is CC(C)(C)c1ccc2c(C#Cc3ccccc3)c(C(C)(C)C)ccc2c1C#Cc1ccccc1. The van der Waals surface area contributed by atoms with Crippen LogP contribution in [0.15, 0.2) is 84.9 Å². The second-order valence-electron chi connectivity index (χ2n) is 10.8. The molecule has 0 saturated carbocycles. The van der Waals surface area contributed by atoms with Gasteiger partial charge in [-0.1, -0.05) is 126 Å². The van der Waals surface area contributed by atoms with E-state index in [9.17, 15) is 0 Å². The summed E-state index contributed by atoms with van der Waals surface area (Å²) in [7, 11) is 0. The van der Waals surface area contributed by atoms with Crippen molar-refractivity contribution < 1.29 is 0 Å². The molecule has 34 heavy (non-hydrogen) atoms. The molecule has 0 aliphatic carbocycles. The van der Waals surface area contributed by atoms with Crippen molar-refractivity contribution in [3.05, 3.63) is 118 Å². The maximum absolute atomic E-state index is 3.54. The first kappa shape index (κ1) is 23.4. The Bertz CT molecular complexity index is 1320. The minimum Gasteiger partial charge on any atom is -0.0622 e. The van der Waals surface area contributed by atoms with Crippen LogP contribution >= 0.6 is 0 Å². The largest absolute Gasteiger partial charge is 0.0622 e. The molecule has 0 unspecified atom stereocenters. The van der Waals surface area contributed by atoms with Crippen molar-refractivity contribution in [2.45, 2.75) is 52.4 Å². The third-order valence-electron chi connectivity index (χ3n) is 6.03. The Kier molecular flexibility index (Phi) is 6.37. The topological polar surface area (TPSA) is 0 Å². The molecule has 0 aliphatic heterocycles. The van der Waals surface area contributed by atoms with Gasteiger partial charge in [0.15, 0.2) is 0 Å². The lowest BCUT2D eigenvalue weighted by molar-refractivity contribution is 0.588. The molecular weight excluding hydrogens is 408 g/mol. The van der Waals surface area contributed by atoms with Crippen LogP contribution in [0.4, 0.5) is 0 Å². The molecular formula is C34H32. The highest BCUT2D eigenvalue weighted by Crippen LogP contribution is 2.36. The normalized spacial score (nSPS) is 11.4. The molecule has 0 bridgehead atoms. The second kappa shape index (κ2) is 9.25. The molecule has 0 heteroatoms. The molecule has 0 N–H and O–H groups in total. The molecule has 0 spiro atoms. The highest BCUT2D eigenvalue weighted by atomic mass is 14.3. The molecule has 0 fully saturated rings. The van der Waals surface area contributed by atoms with Crippen LogP contribution in [0, 0.1) is 23.7 Å². The molecule has 0 atom stereocenters. The lowest BCUT2D eigenvalue weighted by Gasteiger charge is -2.25. The molecule has 4 aromatic rings. The summed E-state index contributed by atoms with van der Waals surface area (Å²) in [5.74, 6) is 13.9. The van der Waals surface area contributed by atoms with Gasteiger partial charge in [-0.3, -0.25) is 0 Å². The van der Waals surface area contributed by atoms with Crippen LogP contribution in [0.1, 0.15) is 74.9 Å². The van der Waals surface area contributed by atoms with Gasteiger partial charge >= 0.3 is 0 Å². The Morgan fingerprint density at radius 3 is 1.09 bits per heavy atom. The number of hydrogen-bond donors (Lipinski definition) is 0. The van der Waals surface area contributed by atoms with Crippen LogP contribution in [0.5, 0.6) is 0 Å². The average molecular weight is 441 g/mol. The Labute approximate surface area is 205 Å². The minimum atomic E-state index is -0.0204. The van der Waals surface area contributed by atoms with Crippen LogP contribution in [0.25, 0.3) is 10.8 Å². The van der Waals surface area contributed by atoms with Gasteiger partial charge in [0.1, 0.15) is 0 Å². The number of hydrogen-bond acceptors (Lipinski definition) is 0. The summed E-state index contributed by atoms with van der Waals surface area (Å²) in [5, 5.41) is 2.34. The predicted molar refractivity (Wildman–Crippen MR) is 146 cm³/mol. The zero-order valence-corrected chi connectivity index (χ0v) is 21.1. The Balaban J connectivity index is 2.02. The molecule has 168 valence electrons. The molecule has 0 heterocycles. The zero-order chi connectivity index (χ0) is 24.3. The Morgan fingerprint density at radius 1 is 0.412 bits per heavy atom. The maximum atomic E-state index is 3.54. The first-order chi connectivity index (χ1) is 16.1. The number of benzene rings is 4. The van der Waals surface area contributed by atoms with Gasteiger partial charge in [-0.2, -0.15) is 0 Å². The van der Waals surface area contributed by atoms with E-state index in [2.05, 4.69) is 114 Å². The lowest BCUT2D eigenvalue weighted by atomic mass is 9.78. The third kappa shape index (κ3) is 5.09. The van der Waals surface area contributed by atoms with Gasteiger partial charge in [0.2, 0.25) is 0 Å². The van der Waals surface area contributed by atoms with Gasteiger partial charge in [-0.05, 0) is 57.0 Å². The van der Waals surface area contributed by atoms with Crippen molar-refractivity contribution in [2.75, 3.05) is 0 Å². The van der Waals surface area contributed by atoms with E-state index in [1.54, 1.807) is 0 Å². The van der Waals surface area contributed by atoms with Gasteiger partial charge < -0.3 is 0 Å². The van der Waals surface area contributed by atoms with Crippen molar-refractivity contribution in [3.63, 3.8) is 0 Å². The molecule has 4 rings (SSSR count).